The Balaban J connectivity index is 1.82. The van der Waals surface area contributed by atoms with Crippen LogP contribution in [0, 0.1) is 17.8 Å². The Hall–Kier alpha value is -0.300. The van der Waals surface area contributed by atoms with Crippen molar-refractivity contribution in [2.24, 2.45) is 17.8 Å². The van der Waals surface area contributed by atoms with Gasteiger partial charge in [0.1, 0.15) is 0 Å². The van der Waals surface area contributed by atoms with Crippen molar-refractivity contribution < 1.29 is 14.6 Å². The molecule has 1 fully saturated rings. The Labute approximate surface area is 144 Å². The van der Waals surface area contributed by atoms with Crippen molar-refractivity contribution in [2.75, 3.05) is 19.0 Å². The van der Waals surface area contributed by atoms with Crippen LogP contribution >= 0.6 is 34.7 Å². The van der Waals surface area contributed by atoms with Gasteiger partial charge in [-0.15, -0.1) is 22.9 Å². The number of carbonyl (C=O) groups is 1. The molecule has 1 N–H and O–H groups in total. The maximum absolute atomic E-state index is 11.6. The number of aliphatic hydroxyl groups is 1. The van der Waals surface area contributed by atoms with Gasteiger partial charge >= 0.3 is 5.97 Å². The molecule has 4 nitrogen and oxygen atoms in total. The number of hydrogen-bond donors (Lipinski definition) is 1. The number of alkyl halides is 1. The molecule has 1 unspecified atom stereocenters. The lowest BCUT2D eigenvalue weighted by Gasteiger charge is -2.21. The van der Waals surface area contributed by atoms with E-state index in [1.54, 1.807) is 24.1 Å². The van der Waals surface area contributed by atoms with Crippen LogP contribution in [0.2, 0.25) is 0 Å². The van der Waals surface area contributed by atoms with E-state index >= 15 is 0 Å². The number of hydrogen-bond acceptors (Lipinski definition) is 6. The molecule has 1 saturated carbocycles. The van der Waals surface area contributed by atoms with Gasteiger partial charge in [0.25, 0.3) is 0 Å². The molecule has 0 saturated heterocycles. The molecule has 124 valence electrons. The van der Waals surface area contributed by atoms with Crippen LogP contribution in [-0.4, -0.2) is 40.4 Å². The molecule has 0 amide bonds. The third kappa shape index (κ3) is 4.37. The van der Waals surface area contributed by atoms with Gasteiger partial charge in [-0.25, -0.2) is 9.78 Å². The van der Waals surface area contributed by atoms with Crippen LogP contribution in [0.1, 0.15) is 37.2 Å². The smallest absolute Gasteiger partial charge is 0.357 e. The topological polar surface area (TPSA) is 59.4 Å². The standard InChI is InChI=1S/C15H22ClNO3S2/c1-3-20-14(19)13-8-22-15(17-13)21-5-4-10-11(7-18)9(2)6-12(10)16/h8-12,18H,3-7H2,1-2H3/t9-,10?,11+,12-/m1/s1. The van der Waals surface area contributed by atoms with Gasteiger partial charge in [-0.1, -0.05) is 18.7 Å². The number of thiazole rings is 1. The van der Waals surface area contributed by atoms with Crippen molar-refractivity contribution in [1.82, 2.24) is 4.98 Å². The zero-order chi connectivity index (χ0) is 16.1. The molecule has 0 aliphatic heterocycles. The predicted octanol–water partition coefficient (Wildman–Crippen LogP) is 3.67. The second-order valence-corrected chi connectivity index (χ2v) is 8.36. The second-order valence-electron chi connectivity index (χ2n) is 5.60. The van der Waals surface area contributed by atoms with Gasteiger partial charge in [0.05, 0.1) is 6.61 Å². The Morgan fingerprint density at radius 1 is 1.59 bits per heavy atom. The Morgan fingerprint density at radius 3 is 3.05 bits per heavy atom. The van der Waals surface area contributed by atoms with Gasteiger partial charge in [-0.05, 0) is 37.5 Å². The van der Waals surface area contributed by atoms with Gasteiger partial charge in [-0.3, -0.25) is 0 Å². The lowest BCUT2D eigenvalue weighted by atomic mass is 9.89. The van der Waals surface area contributed by atoms with Crippen LogP contribution in [0.3, 0.4) is 0 Å². The summed E-state index contributed by atoms with van der Waals surface area (Å²) >= 11 is 9.52. The summed E-state index contributed by atoms with van der Waals surface area (Å²) in [6.07, 6.45) is 1.94. The van der Waals surface area contributed by atoms with E-state index in [0.717, 1.165) is 22.9 Å². The van der Waals surface area contributed by atoms with Gasteiger partial charge < -0.3 is 9.84 Å². The molecular weight excluding hydrogens is 342 g/mol. The predicted molar refractivity (Wildman–Crippen MR) is 90.9 cm³/mol. The molecule has 0 aromatic carbocycles. The normalized spacial score (nSPS) is 28.0. The van der Waals surface area contributed by atoms with Gasteiger partial charge in [-0.2, -0.15) is 0 Å². The lowest BCUT2D eigenvalue weighted by Crippen LogP contribution is -2.21. The fourth-order valence-corrected chi connectivity index (χ4v) is 5.51. The zero-order valence-corrected chi connectivity index (χ0v) is 15.2. The van der Waals surface area contributed by atoms with Crippen LogP contribution in [-0.2, 0) is 4.74 Å². The molecule has 0 spiro atoms. The van der Waals surface area contributed by atoms with Gasteiger partial charge in [0.15, 0.2) is 10.0 Å². The minimum atomic E-state index is -0.364. The van der Waals surface area contributed by atoms with Crippen molar-refractivity contribution in [3.63, 3.8) is 0 Å². The van der Waals surface area contributed by atoms with Gasteiger partial charge in [0.2, 0.25) is 0 Å². The molecule has 22 heavy (non-hydrogen) atoms. The first kappa shape index (κ1) is 18.0. The minimum Gasteiger partial charge on any atom is -0.461 e. The molecule has 1 aliphatic rings. The molecule has 2 rings (SSSR count). The molecule has 1 aromatic rings. The summed E-state index contributed by atoms with van der Waals surface area (Å²) in [6, 6.07) is 0. The second kappa shape index (κ2) is 8.52. The quantitative estimate of drug-likeness (QED) is 0.455. The fourth-order valence-electron chi connectivity index (χ4n) is 3.01. The van der Waals surface area contributed by atoms with E-state index in [9.17, 15) is 9.90 Å². The number of rotatable bonds is 7. The van der Waals surface area contributed by atoms with E-state index in [2.05, 4.69) is 11.9 Å². The number of nitrogens with zero attached hydrogens (tertiary/aromatic N) is 1. The molecule has 1 heterocycles. The summed E-state index contributed by atoms with van der Waals surface area (Å²) in [5.41, 5.74) is 0.382. The summed E-state index contributed by atoms with van der Waals surface area (Å²) in [6.45, 7) is 4.51. The molecule has 4 atom stereocenters. The number of aromatic nitrogens is 1. The maximum Gasteiger partial charge on any atom is 0.357 e. The Morgan fingerprint density at radius 2 is 2.36 bits per heavy atom. The molecule has 7 heteroatoms. The summed E-state index contributed by atoms with van der Waals surface area (Å²) in [4.78, 5) is 15.9. The van der Waals surface area contributed by atoms with Crippen LogP contribution in [0.4, 0.5) is 0 Å². The van der Waals surface area contributed by atoms with Crippen LogP contribution in [0.25, 0.3) is 0 Å². The summed E-state index contributed by atoms with van der Waals surface area (Å²) in [5, 5.41) is 11.4. The molecule has 0 radical (unpaired) electrons. The highest BCUT2D eigenvalue weighted by Gasteiger charge is 2.39. The number of thioether (sulfide) groups is 1. The zero-order valence-electron chi connectivity index (χ0n) is 12.8. The van der Waals surface area contributed by atoms with E-state index in [1.807, 2.05) is 0 Å². The molecule has 1 aliphatic carbocycles. The lowest BCUT2D eigenvalue weighted by molar-refractivity contribution is 0.0520. The summed E-state index contributed by atoms with van der Waals surface area (Å²) in [7, 11) is 0. The molecular formula is C15H22ClNO3S2. The first-order chi connectivity index (χ1) is 10.6. The van der Waals surface area contributed by atoms with Crippen LogP contribution in [0.15, 0.2) is 9.72 Å². The van der Waals surface area contributed by atoms with E-state index < -0.39 is 0 Å². The largest absolute Gasteiger partial charge is 0.461 e. The van der Waals surface area contributed by atoms with Crippen molar-refractivity contribution in [1.29, 1.82) is 0 Å². The monoisotopic (exact) mass is 363 g/mol. The highest BCUT2D eigenvalue weighted by atomic mass is 35.5. The first-order valence-corrected chi connectivity index (χ1v) is 9.87. The summed E-state index contributed by atoms with van der Waals surface area (Å²) < 4.78 is 5.81. The van der Waals surface area contributed by atoms with Crippen LogP contribution < -0.4 is 0 Å². The number of carbonyl (C=O) groups excluding carboxylic acids is 1. The first-order valence-electron chi connectivity index (χ1n) is 7.57. The van der Waals surface area contributed by atoms with Crippen molar-refractivity contribution in [3.05, 3.63) is 11.1 Å². The van der Waals surface area contributed by atoms with E-state index in [0.29, 0.717) is 30.1 Å². The van der Waals surface area contributed by atoms with Crippen molar-refractivity contribution in [3.8, 4) is 0 Å². The third-order valence-electron chi connectivity index (χ3n) is 4.20. The van der Waals surface area contributed by atoms with Gasteiger partial charge in [0, 0.05) is 23.1 Å². The fraction of sp³-hybridized carbons (Fsp3) is 0.733. The number of aliphatic hydroxyl groups excluding tert-OH is 1. The average Bonchev–Trinajstić information content (AvgIpc) is 3.05. The van der Waals surface area contributed by atoms with E-state index in [-0.39, 0.29) is 18.0 Å². The Kier molecular flexibility index (Phi) is 6.99. The molecule has 1 aromatic heterocycles. The third-order valence-corrected chi connectivity index (χ3v) is 6.75. The molecule has 0 bridgehead atoms. The Bertz CT molecular complexity index is 497. The highest BCUT2D eigenvalue weighted by Crippen LogP contribution is 2.42. The number of ether oxygens (including phenoxy) is 1. The van der Waals surface area contributed by atoms with Crippen LogP contribution in [0.5, 0.6) is 0 Å². The SMILES string of the molecule is CCOC(=O)c1csc(SCCC2[C@H](Cl)C[C@@H](C)[C@@H]2CO)n1. The van der Waals surface area contributed by atoms with E-state index in [4.69, 9.17) is 16.3 Å². The number of halogens is 1. The maximum atomic E-state index is 11.6. The number of esters is 1. The van der Waals surface area contributed by atoms with Crippen molar-refractivity contribution >= 4 is 40.7 Å². The van der Waals surface area contributed by atoms with Crippen molar-refractivity contribution in [2.45, 2.75) is 36.4 Å². The summed E-state index contributed by atoms with van der Waals surface area (Å²) in [5.74, 6) is 1.68. The minimum absolute atomic E-state index is 0.152. The highest BCUT2D eigenvalue weighted by molar-refractivity contribution is 8.01. The average molecular weight is 364 g/mol. The van der Waals surface area contributed by atoms with E-state index in [1.165, 1.54) is 11.3 Å².